The Bertz CT molecular complexity index is 685. The molecule has 1 aliphatic carbocycles. The lowest BCUT2D eigenvalue weighted by Crippen LogP contribution is -2.45. The highest BCUT2D eigenvalue weighted by Crippen LogP contribution is 2.27. The number of nitrogens with one attached hydrogen (secondary N) is 2. The highest BCUT2D eigenvalue weighted by atomic mass is 16.5. The molecule has 2 N–H and O–H groups in total. The first-order chi connectivity index (χ1) is 14.5. The molecule has 0 bridgehead atoms. The van der Waals surface area contributed by atoms with E-state index >= 15 is 0 Å². The molecule has 7 nitrogen and oxygen atoms in total. The topological polar surface area (TPSA) is 61.4 Å². The van der Waals surface area contributed by atoms with Crippen LogP contribution in [0, 0.1) is 0 Å². The Morgan fingerprint density at radius 3 is 2.50 bits per heavy atom. The monoisotopic (exact) mass is 417 g/mol. The second-order valence-corrected chi connectivity index (χ2v) is 8.55. The first-order valence-electron chi connectivity index (χ1n) is 11.2. The Morgan fingerprint density at radius 2 is 1.90 bits per heavy atom. The van der Waals surface area contributed by atoms with E-state index in [-0.39, 0.29) is 0 Å². The molecule has 0 radical (unpaired) electrons. The molecule has 2 aliphatic rings. The van der Waals surface area contributed by atoms with Crippen molar-refractivity contribution in [2.24, 2.45) is 4.99 Å². The highest BCUT2D eigenvalue weighted by Gasteiger charge is 2.29. The number of hydrogen-bond acceptors (Lipinski definition) is 5. The van der Waals surface area contributed by atoms with Gasteiger partial charge in [0, 0.05) is 50.4 Å². The van der Waals surface area contributed by atoms with Crippen LogP contribution in [-0.4, -0.2) is 81.3 Å². The summed E-state index contributed by atoms with van der Waals surface area (Å²) in [6.07, 6.45) is 3.78. The average Bonchev–Trinajstić information content (AvgIpc) is 3.52. The van der Waals surface area contributed by atoms with Gasteiger partial charge in [-0.15, -0.1) is 0 Å². The summed E-state index contributed by atoms with van der Waals surface area (Å²) in [6.45, 7) is 9.04. The summed E-state index contributed by atoms with van der Waals surface area (Å²) in [5.74, 6) is 2.61. The lowest BCUT2D eigenvalue weighted by Gasteiger charge is -2.24. The fraction of sp³-hybridized carbons (Fsp3) is 0.696. The molecular formula is C23H39N5O2. The molecule has 1 saturated heterocycles. The zero-order valence-electron chi connectivity index (χ0n) is 19.3. The first kappa shape index (κ1) is 22.7. The summed E-state index contributed by atoms with van der Waals surface area (Å²) in [4.78, 5) is 9.80. The average molecular weight is 418 g/mol. The Kier molecular flexibility index (Phi) is 8.22. The maximum Gasteiger partial charge on any atom is 0.191 e. The summed E-state index contributed by atoms with van der Waals surface area (Å²) in [6, 6.07) is 7.74. The van der Waals surface area contributed by atoms with Crippen LogP contribution < -0.4 is 20.1 Å². The van der Waals surface area contributed by atoms with Gasteiger partial charge in [0.2, 0.25) is 0 Å². The molecule has 2 unspecified atom stereocenters. The SMILES string of the molecule is CCNC(=NCC(C)N(C)C1CC1)NC1CCN(Cc2cc(OC)cc(OC)c2)C1. The van der Waals surface area contributed by atoms with E-state index in [0.29, 0.717) is 12.1 Å². The molecule has 0 aromatic heterocycles. The quantitative estimate of drug-likeness (QED) is 0.450. The van der Waals surface area contributed by atoms with E-state index in [1.807, 2.05) is 6.07 Å². The van der Waals surface area contributed by atoms with Crippen LogP contribution in [0.1, 0.15) is 38.7 Å². The minimum Gasteiger partial charge on any atom is -0.497 e. The normalized spacial score (nSPS) is 21.0. The third kappa shape index (κ3) is 6.51. The van der Waals surface area contributed by atoms with Gasteiger partial charge in [-0.3, -0.25) is 14.8 Å². The van der Waals surface area contributed by atoms with E-state index in [1.165, 1.54) is 18.4 Å². The zero-order chi connectivity index (χ0) is 21.5. The van der Waals surface area contributed by atoms with Gasteiger partial charge in [0.15, 0.2) is 5.96 Å². The zero-order valence-corrected chi connectivity index (χ0v) is 19.3. The van der Waals surface area contributed by atoms with Crippen molar-refractivity contribution in [3.05, 3.63) is 23.8 Å². The third-order valence-corrected chi connectivity index (χ3v) is 6.11. The van der Waals surface area contributed by atoms with Crippen molar-refractivity contribution in [2.45, 2.75) is 57.8 Å². The standard InChI is InChI=1S/C23H39N5O2/c1-6-24-23(25-14-17(2)27(3)20-7-8-20)26-19-9-10-28(16-19)15-18-11-21(29-4)13-22(12-18)30-5/h11-13,17,19-20H,6-10,14-16H2,1-5H3,(H2,24,25,26). The fourth-order valence-electron chi connectivity index (χ4n) is 4.02. The van der Waals surface area contributed by atoms with Crippen molar-refractivity contribution in [2.75, 3.05) is 47.4 Å². The maximum atomic E-state index is 5.41. The molecule has 0 amide bonds. The molecule has 2 fully saturated rings. The molecule has 1 heterocycles. The van der Waals surface area contributed by atoms with Crippen LogP contribution in [0.2, 0.25) is 0 Å². The summed E-state index contributed by atoms with van der Waals surface area (Å²) in [7, 11) is 5.61. The van der Waals surface area contributed by atoms with Crippen LogP contribution >= 0.6 is 0 Å². The van der Waals surface area contributed by atoms with E-state index in [0.717, 1.165) is 62.6 Å². The Labute approximate surface area is 181 Å². The van der Waals surface area contributed by atoms with E-state index < -0.39 is 0 Å². The lowest BCUT2D eigenvalue weighted by atomic mass is 10.2. The van der Waals surface area contributed by atoms with Crippen LogP contribution in [0.25, 0.3) is 0 Å². The van der Waals surface area contributed by atoms with E-state index in [2.05, 4.69) is 53.5 Å². The molecule has 1 aromatic carbocycles. The smallest absolute Gasteiger partial charge is 0.191 e. The van der Waals surface area contributed by atoms with Gasteiger partial charge in [-0.25, -0.2) is 0 Å². The van der Waals surface area contributed by atoms with Crippen molar-refractivity contribution in [3.63, 3.8) is 0 Å². The molecule has 7 heteroatoms. The number of aliphatic imine (C=N–C) groups is 1. The second kappa shape index (κ2) is 10.9. The number of hydrogen-bond donors (Lipinski definition) is 2. The van der Waals surface area contributed by atoms with Gasteiger partial charge >= 0.3 is 0 Å². The number of guanidine groups is 1. The largest absolute Gasteiger partial charge is 0.497 e. The van der Waals surface area contributed by atoms with Gasteiger partial charge in [-0.05, 0) is 57.9 Å². The Morgan fingerprint density at radius 1 is 1.20 bits per heavy atom. The Balaban J connectivity index is 1.52. The van der Waals surface area contributed by atoms with Gasteiger partial charge in [0.05, 0.1) is 20.8 Å². The van der Waals surface area contributed by atoms with Gasteiger partial charge in [-0.2, -0.15) is 0 Å². The molecule has 30 heavy (non-hydrogen) atoms. The molecule has 1 aliphatic heterocycles. The van der Waals surface area contributed by atoms with Crippen LogP contribution in [0.3, 0.4) is 0 Å². The number of likely N-dealkylation sites (tertiary alicyclic amines) is 1. The number of ether oxygens (including phenoxy) is 2. The summed E-state index contributed by atoms with van der Waals surface area (Å²) >= 11 is 0. The van der Waals surface area contributed by atoms with Crippen molar-refractivity contribution in [1.29, 1.82) is 0 Å². The van der Waals surface area contributed by atoms with Crippen LogP contribution in [0.4, 0.5) is 0 Å². The molecule has 1 saturated carbocycles. The summed E-state index contributed by atoms with van der Waals surface area (Å²) in [5.41, 5.74) is 1.21. The van der Waals surface area contributed by atoms with Gasteiger partial charge in [-0.1, -0.05) is 0 Å². The second-order valence-electron chi connectivity index (χ2n) is 8.55. The lowest BCUT2D eigenvalue weighted by molar-refractivity contribution is 0.253. The van der Waals surface area contributed by atoms with E-state index in [9.17, 15) is 0 Å². The number of nitrogens with zero attached hydrogens (tertiary/aromatic N) is 3. The number of likely N-dealkylation sites (N-methyl/N-ethyl adjacent to an activating group) is 1. The number of methoxy groups -OCH3 is 2. The van der Waals surface area contributed by atoms with Gasteiger partial charge in [0.25, 0.3) is 0 Å². The van der Waals surface area contributed by atoms with Crippen molar-refractivity contribution >= 4 is 5.96 Å². The van der Waals surface area contributed by atoms with Crippen molar-refractivity contribution in [3.8, 4) is 11.5 Å². The van der Waals surface area contributed by atoms with Crippen LogP contribution in [-0.2, 0) is 6.54 Å². The number of benzene rings is 1. The first-order valence-corrected chi connectivity index (χ1v) is 11.2. The fourth-order valence-corrected chi connectivity index (χ4v) is 4.02. The third-order valence-electron chi connectivity index (χ3n) is 6.11. The molecule has 168 valence electrons. The van der Waals surface area contributed by atoms with E-state index in [1.54, 1.807) is 14.2 Å². The predicted molar refractivity (Wildman–Crippen MR) is 123 cm³/mol. The predicted octanol–water partition coefficient (Wildman–Crippen LogP) is 2.32. The van der Waals surface area contributed by atoms with Gasteiger partial charge < -0.3 is 20.1 Å². The summed E-state index contributed by atoms with van der Waals surface area (Å²) < 4.78 is 10.8. The van der Waals surface area contributed by atoms with E-state index in [4.69, 9.17) is 14.5 Å². The van der Waals surface area contributed by atoms with Crippen LogP contribution in [0.5, 0.6) is 11.5 Å². The minimum atomic E-state index is 0.409. The molecule has 2 atom stereocenters. The van der Waals surface area contributed by atoms with Crippen molar-refractivity contribution in [1.82, 2.24) is 20.4 Å². The Hall–Kier alpha value is -1.99. The maximum absolute atomic E-state index is 5.41. The van der Waals surface area contributed by atoms with Gasteiger partial charge in [0.1, 0.15) is 11.5 Å². The molecule has 0 spiro atoms. The highest BCUT2D eigenvalue weighted by molar-refractivity contribution is 5.80. The summed E-state index contributed by atoms with van der Waals surface area (Å²) in [5, 5.41) is 7.06. The molecule has 3 rings (SSSR count). The molecule has 1 aromatic rings. The minimum absolute atomic E-state index is 0.409. The molecular weight excluding hydrogens is 378 g/mol. The number of rotatable bonds is 10. The van der Waals surface area contributed by atoms with Crippen LogP contribution in [0.15, 0.2) is 23.2 Å². The van der Waals surface area contributed by atoms with Crippen molar-refractivity contribution < 1.29 is 9.47 Å².